The van der Waals surface area contributed by atoms with E-state index in [1.54, 1.807) is 18.2 Å². The maximum Gasteiger partial charge on any atom is 0.125 e. The van der Waals surface area contributed by atoms with Gasteiger partial charge >= 0.3 is 0 Å². The number of hydrogen-bond donors (Lipinski definition) is 2. The Hall–Kier alpha value is -0.520. The number of nitrogens with one attached hydrogen (secondary N) is 1. The van der Waals surface area contributed by atoms with Crippen molar-refractivity contribution >= 4 is 56.4 Å². The summed E-state index contributed by atoms with van der Waals surface area (Å²) in [7, 11) is 0. The third-order valence-corrected chi connectivity index (χ3v) is 4.30. The van der Waals surface area contributed by atoms with Crippen molar-refractivity contribution in [1.82, 2.24) is 0 Å². The molecule has 0 aliphatic carbocycles. The third kappa shape index (κ3) is 4.24. The van der Waals surface area contributed by atoms with Gasteiger partial charge in [-0.3, -0.25) is 0 Å². The molecule has 112 valence electrons. The fourth-order valence-corrected chi connectivity index (χ4v) is 3.17. The van der Waals surface area contributed by atoms with E-state index in [4.69, 9.17) is 34.8 Å². The minimum atomic E-state index is -0.885. The molecule has 0 radical (unpaired) electrons. The summed E-state index contributed by atoms with van der Waals surface area (Å²) in [6.07, 6.45) is -0.885. The largest absolute Gasteiger partial charge is 0.387 e. The van der Waals surface area contributed by atoms with Crippen molar-refractivity contribution in [2.75, 3.05) is 11.9 Å². The topological polar surface area (TPSA) is 32.3 Å². The molecular formula is C14H10BrCl3FNO. The zero-order valence-corrected chi connectivity index (χ0v) is 14.4. The van der Waals surface area contributed by atoms with Crippen molar-refractivity contribution in [1.29, 1.82) is 0 Å². The van der Waals surface area contributed by atoms with E-state index in [2.05, 4.69) is 21.2 Å². The highest BCUT2D eigenvalue weighted by Gasteiger charge is 2.14. The summed E-state index contributed by atoms with van der Waals surface area (Å²) in [6.45, 7) is 0.143. The second-order valence-corrected chi connectivity index (χ2v) is 6.41. The molecule has 21 heavy (non-hydrogen) atoms. The minimum Gasteiger partial charge on any atom is -0.387 e. The summed E-state index contributed by atoms with van der Waals surface area (Å²) in [6, 6.07) is 7.32. The fourth-order valence-electron chi connectivity index (χ4n) is 1.79. The summed E-state index contributed by atoms with van der Waals surface area (Å²) in [5.41, 5.74) is 1.00. The Bertz CT molecular complexity index is 646. The van der Waals surface area contributed by atoms with Gasteiger partial charge in [0.15, 0.2) is 0 Å². The predicted octanol–water partition coefficient (Wildman–Crippen LogP) is 5.69. The van der Waals surface area contributed by atoms with Crippen LogP contribution in [0.5, 0.6) is 0 Å². The minimum absolute atomic E-state index is 0.143. The number of anilines is 1. The van der Waals surface area contributed by atoms with Gasteiger partial charge in [-0.15, -0.1) is 0 Å². The summed E-state index contributed by atoms with van der Waals surface area (Å²) in [5.74, 6) is -0.448. The molecule has 0 saturated heterocycles. The molecule has 7 heteroatoms. The molecule has 2 nitrogen and oxygen atoms in total. The first kappa shape index (κ1) is 16.8. The molecule has 1 unspecified atom stereocenters. The monoisotopic (exact) mass is 411 g/mol. The smallest absolute Gasteiger partial charge is 0.125 e. The Labute approximate surface area is 145 Å². The van der Waals surface area contributed by atoms with Gasteiger partial charge in [0.05, 0.1) is 16.8 Å². The van der Waals surface area contributed by atoms with E-state index < -0.39 is 11.9 Å². The lowest BCUT2D eigenvalue weighted by Gasteiger charge is -2.16. The molecule has 0 saturated carbocycles. The number of halogens is 5. The summed E-state index contributed by atoms with van der Waals surface area (Å²) >= 11 is 21.1. The van der Waals surface area contributed by atoms with E-state index in [-0.39, 0.29) is 11.6 Å². The first-order chi connectivity index (χ1) is 9.88. The van der Waals surface area contributed by atoms with Gasteiger partial charge in [0.25, 0.3) is 0 Å². The SMILES string of the molecule is OC(CNc1c(Cl)cc(F)cc1Br)c1cc(Cl)ccc1Cl. The fraction of sp³-hybridized carbons (Fsp3) is 0.143. The lowest BCUT2D eigenvalue weighted by atomic mass is 10.1. The first-order valence-electron chi connectivity index (χ1n) is 5.90. The molecule has 2 aromatic rings. The highest BCUT2D eigenvalue weighted by atomic mass is 79.9. The van der Waals surface area contributed by atoms with Crippen LogP contribution < -0.4 is 5.32 Å². The van der Waals surface area contributed by atoms with Gasteiger partial charge in [0.2, 0.25) is 0 Å². The molecular weight excluding hydrogens is 403 g/mol. The average molecular weight is 414 g/mol. The average Bonchev–Trinajstić information content (AvgIpc) is 2.40. The van der Waals surface area contributed by atoms with Crippen molar-refractivity contribution in [3.63, 3.8) is 0 Å². The summed E-state index contributed by atoms with van der Waals surface area (Å²) in [4.78, 5) is 0. The van der Waals surface area contributed by atoms with Crippen LogP contribution in [0.15, 0.2) is 34.8 Å². The van der Waals surface area contributed by atoms with E-state index >= 15 is 0 Å². The zero-order valence-electron chi connectivity index (χ0n) is 10.5. The standard InChI is InChI=1S/C14H10BrCl3FNO/c15-10-4-8(19)5-12(18)14(10)20-6-13(21)9-3-7(16)1-2-11(9)17/h1-5,13,20-21H,6H2. The maximum absolute atomic E-state index is 13.1. The van der Waals surface area contributed by atoms with E-state index in [1.807, 2.05) is 0 Å². The molecule has 2 rings (SSSR count). The van der Waals surface area contributed by atoms with Crippen LogP contribution in [-0.2, 0) is 0 Å². The number of hydrogen-bond acceptors (Lipinski definition) is 2. The molecule has 0 aromatic heterocycles. The number of rotatable bonds is 4. The van der Waals surface area contributed by atoms with Gasteiger partial charge in [-0.1, -0.05) is 34.8 Å². The van der Waals surface area contributed by atoms with Gasteiger partial charge in [0.1, 0.15) is 5.82 Å². The lowest BCUT2D eigenvalue weighted by Crippen LogP contribution is -2.13. The number of aliphatic hydroxyl groups is 1. The van der Waals surface area contributed by atoms with Crippen molar-refractivity contribution in [2.24, 2.45) is 0 Å². The second-order valence-electron chi connectivity index (χ2n) is 4.31. The van der Waals surface area contributed by atoms with Crippen LogP contribution in [-0.4, -0.2) is 11.7 Å². The Morgan fingerprint density at radius 2 is 1.86 bits per heavy atom. The molecule has 0 bridgehead atoms. The Morgan fingerprint density at radius 1 is 1.14 bits per heavy atom. The highest BCUT2D eigenvalue weighted by molar-refractivity contribution is 9.10. The molecule has 0 spiro atoms. The van der Waals surface area contributed by atoms with Crippen molar-refractivity contribution in [3.05, 3.63) is 61.3 Å². The van der Waals surface area contributed by atoms with E-state index in [9.17, 15) is 9.50 Å². The van der Waals surface area contributed by atoms with Gasteiger partial charge in [-0.05, 0) is 46.3 Å². The molecule has 2 aromatic carbocycles. The maximum atomic E-state index is 13.1. The second kappa shape index (κ2) is 7.16. The van der Waals surface area contributed by atoms with Crippen LogP contribution in [0.3, 0.4) is 0 Å². The summed E-state index contributed by atoms with van der Waals surface area (Å²) in [5, 5.41) is 14.3. The molecule has 0 heterocycles. The molecule has 1 atom stereocenters. The van der Waals surface area contributed by atoms with Crippen molar-refractivity contribution in [3.8, 4) is 0 Å². The van der Waals surface area contributed by atoms with Gasteiger partial charge in [0, 0.05) is 26.6 Å². The Balaban J connectivity index is 2.15. The van der Waals surface area contributed by atoms with E-state index in [1.165, 1.54) is 12.1 Å². The van der Waals surface area contributed by atoms with Gasteiger partial charge < -0.3 is 10.4 Å². The lowest BCUT2D eigenvalue weighted by molar-refractivity contribution is 0.191. The third-order valence-electron chi connectivity index (χ3n) is 2.80. The van der Waals surface area contributed by atoms with Crippen LogP contribution in [0.4, 0.5) is 10.1 Å². The van der Waals surface area contributed by atoms with Gasteiger partial charge in [-0.2, -0.15) is 0 Å². The van der Waals surface area contributed by atoms with Crippen LogP contribution >= 0.6 is 50.7 Å². The Kier molecular flexibility index (Phi) is 5.74. The quantitative estimate of drug-likeness (QED) is 0.675. The van der Waals surface area contributed by atoms with Crippen LogP contribution in [0.25, 0.3) is 0 Å². The number of aliphatic hydroxyl groups excluding tert-OH is 1. The molecule has 0 fully saturated rings. The van der Waals surface area contributed by atoms with Crippen LogP contribution in [0, 0.1) is 5.82 Å². The highest BCUT2D eigenvalue weighted by Crippen LogP contribution is 2.33. The number of benzene rings is 2. The normalized spacial score (nSPS) is 12.3. The van der Waals surface area contributed by atoms with Crippen LogP contribution in [0.1, 0.15) is 11.7 Å². The first-order valence-corrected chi connectivity index (χ1v) is 7.82. The zero-order chi connectivity index (χ0) is 15.6. The summed E-state index contributed by atoms with van der Waals surface area (Å²) < 4.78 is 13.6. The van der Waals surface area contributed by atoms with Crippen molar-refractivity contribution in [2.45, 2.75) is 6.10 Å². The van der Waals surface area contributed by atoms with E-state index in [0.717, 1.165) is 0 Å². The van der Waals surface area contributed by atoms with Gasteiger partial charge in [-0.25, -0.2) is 4.39 Å². The van der Waals surface area contributed by atoms with Crippen molar-refractivity contribution < 1.29 is 9.50 Å². The van der Waals surface area contributed by atoms with E-state index in [0.29, 0.717) is 25.8 Å². The predicted molar refractivity (Wildman–Crippen MR) is 89.0 cm³/mol. The molecule has 0 aliphatic rings. The van der Waals surface area contributed by atoms with Crippen LogP contribution in [0.2, 0.25) is 15.1 Å². The molecule has 0 amide bonds. The molecule has 0 aliphatic heterocycles. The molecule has 2 N–H and O–H groups in total. The Morgan fingerprint density at radius 3 is 2.52 bits per heavy atom.